The number of β-amino-alcohol motifs (C(OH)–C–C–N with tert-alkyl or cyclic N) is 1. The van der Waals surface area contributed by atoms with Gasteiger partial charge in [0.1, 0.15) is 10.8 Å². The Kier molecular flexibility index (Phi) is 10.6. The van der Waals surface area contributed by atoms with Crippen LogP contribution in [0.1, 0.15) is 62.5 Å². The minimum atomic E-state index is -4.24. The van der Waals surface area contributed by atoms with Gasteiger partial charge in [-0.3, -0.25) is 4.79 Å². The van der Waals surface area contributed by atoms with Gasteiger partial charge in [-0.25, -0.2) is 27.9 Å². The van der Waals surface area contributed by atoms with Gasteiger partial charge in [-0.1, -0.05) is 49.7 Å². The van der Waals surface area contributed by atoms with Crippen molar-refractivity contribution < 1.29 is 27.9 Å². The van der Waals surface area contributed by atoms with Gasteiger partial charge in [-0.2, -0.15) is 0 Å². The van der Waals surface area contributed by atoms with E-state index < -0.39 is 39.8 Å². The van der Waals surface area contributed by atoms with Crippen LogP contribution < -0.4 is 4.72 Å². The van der Waals surface area contributed by atoms with E-state index >= 15 is 0 Å². The summed E-state index contributed by atoms with van der Waals surface area (Å²) in [6.45, 7) is 13.4. The van der Waals surface area contributed by atoms with Gasteiger partial charge in [0.15, 0.2) is 0 Å². The third-order valence-corrected chi connectivity index (χ3v) is 9.06. The molecule has 2 amide bonds. The Morgan fingerprint density at radius 3 is 2.35 bits per heavy atom. The van der Waals surface area contributed by atoms with Crippen LogP contribution in [0.25, 0.3) is 11.3 Å². The molecule has 1 aromatic heterocycles. The summed E-state index contributed by atoms with van der Waals surface area (Å²) in [4.78, 5) is 38.0. The van der Waals surface area contributed by atoms with Crippen molar-refractivity contribution in [1.82, 2.24) is 19.8 Å². The first-order chi connectivity index (χ1) is 21.4. The number of amides is 2. The molecule has 2 heterocycles. The number of carbonyl (C=O) groups is 2. The molecular formula is C33H42ClN5O6S. The number of aryl methyl sites for hydroxylation is 2. The lowest BCUT2D eigenvalue weighted by Gasteiger charge is -2.34. The fourth-order valence-corrected chi connectivity index (χ4v) is 6.68. The molecular weight excluding hydrogens is 630 g/mol. The zero-order valence-electron chi connectivity index (χ0n) is 27.2. The van der Waals surface area contributed by atoms with E-state index in [0.717, 1.165) is 16.7 Å². The van der Waals surface area contributed by atoms with Gasteiger partial charge in [0.25, 0.3) is 15.9 Å². The topological polar surface area (TPSA) is 142 Å². The van der Waals surface area contributed by atoms with Gasteiger partial charge in [0.05, 0.1) is 22.7 Å². The largest absolute Gasteiger partial charge is 0.444 e. The van der Waals surface area contributed by atoms with Crippen LogP contribution >= 0.6 is 11.6 Å². The number of nitrogens with one attached hydrogen (secondary N) is 1. The molecule has 0 aliphatic carbocycles. The molecule has 248 valence electrons. The van der Waals surface area contributed by atoms with E-state index in [-0.39, 0.29) is 47.1 Å². The predicted octanol–water partition coefficient (Wildman–Crippen LogP) is 5.68. The minimum absolute atomic E-state index is 0.0395. The van der Waals surface area contributed by atoms with E-state index in [2.05, 4.69) is 14.7 Å². The van der Waals surface area contributed by atoms with Gasteiger partial charge < -0.3 is 19.6 Å². The van der Waals surface area contributed by atoms with Crippen LogP contribution in [-0.4, -0.2) is 82.7 Å². The Morgan fingerprint density at radius 2 is 1.72 bits per heavy atom. The molecule has 2 atom stereocenters. The van der Waals surface area contributed by atoms with E-state index in [1.807, 2.05) is 45.9 Å². The number of carbonyl (C=O) groups excluding carboxylic acids is 2. The van der Waals surface area contributed by atoms with E-state index in [0.29, 0.717) is 12.1 Å². The van der Waals surface area contributed by atoms with Crippen molar-refractivity contribution in [3.05, 3.63) is 70.4 Å². The lowest BCUT2D eigenvalue weighted by molar-refractivity contribution is -0.00408. The van der Waals surface area contributed by atoms with Crippen molar-refractivity contribution in [2.45, 2.75) is 77.5 Å². The quantitative estimate of drug-likeness (QED) is 0.306. The monoisotopic (exact) mass is 671 g/mol. The van der Waals surface area contributed by atoms with E-state index in [9.17, 15) is 23.1 Å². The first kappa shape index (κ1) is 35.1. The SMILES string of the molecule is Cc1cccc(C)c1-c1cc(Cl)nc(NS(=O)(=O)c2cccc(C(=O)N3CCN(C(=O)OC(C)(C)C)[C@H](CC(C)C)[C@H](O)C3)c2)n1. The average Bonchev–Trinajstić information content (AvgIpc) is 3.09. The first-order valence-corrected chi connectivity index (χ1v) is 17.0. The van der Waals surface area contributed by atoms with Crippen molar-refractivity contribution >= 4 is 39.6 Å². The zero-order chi connectivity index (χ0) is 34.0. The maximum absolute atomic E-state index is 13.7. The molecule has 2 aromatic carbocycles. The summed E-state index contributed by atoms with van der Waals surface area (Å²) in [6.07, 6.45) is -1.09. The summed E-state index contributed by atoms with van der Waals surface area (Å²) < 4.78 is 34.9. The number of aliphatic hydroxyl groups is 1. The number of anilines is 1. The molecule has 0 radical (unpaired) electrons. The Hall–Kier alpha value is -3.74. The fraction of sp³-hybridized carbons (Fsp3) is 0.455. The maximum Gasteiger partial charge on any atom is 0.410 e. The molecule has 1 aliphatic rings. The Bertz CT molecular complexity index is 1690. The second-order valence-corrected chi connectivity index (χ2v) is 15.1. The van der Waals surface area contributed by atoms with Gasteiger partial charge >= 0.3 is 6.09 Å². The zero-order valence-corrected chi connectivity index (χ0v) is 28.8. The molecule has 0 spiro atoms. The highest BCUT2D eigenvalue weighted by atomic mass is 35.5. The number of hydrogen-bond acceptors (Lipinski definition) is 8. The third kappa shape index (κ3) is 8.54. The molecule has 0 bridgehead atoms. The summed E-state index contributed by atoms with van der Waals surface area (Å²) in [5, 5.41) is 11.3. The van der Waals surface area contributed by atoms with Crippen LogP contribution in [0.2, 0.25) is 5.15 Å². The minimum Gasteiger partial charge on any atom is -0.444 e. The molecule has 4 rings (SSSR count). The van der Waals surface area contributed by atoms with Gasteiger partial charge in [-0.15, -0.1) is 0 Å². The number of sulfonamides is 1. The highest BCUT2D eigenvalue weighted by molar-refractivity contribution is 7.92. The summed E-state index contributed by atoms with van der Waals surface area (Å²) >= 11 is 6.27. The standard InChI is InChI=1S/C33H42ClN5O6S/c1-20(2)16-26-27(40)19-38(14-15-39(26)32(42)45-33(5,6)7)30(41)23-12-9-13-24(17-23)46(43,44)37-31-35-25(18-28(34)36-31)29-21(3)10-8-11-22(29)4/h8-13,17-18,20,26-27,40H,14-16,19H2,1-7H3,(H,35,36,37)/t26-,27-/m1/s1. The third-order valence-electron chi connectivity index (χ3n) is 7.54. The van der Waals surface area contributed by atoms with Crippen LogP contribution in [0.15, 0.2) is 53.4 Å². The Labute approximate surface area is 276 Å². The number of benzene rings is 2. The van der Waals surface area contributed by atoms with Gasteiger partial charge in [-0.05, 0) is 76.3 Å². The van der Waals surface area contributed by atoms with E-state index in [1.165, 1.54) is 34.1 Å². The average molecular weight is 672 g/mol. The molecule has 1 saturated heterocycles. The highest BCUT2D eigenvalue weighted by Gasteiger charge is 2.38. The van der Waals surface area contributed by atoms with Crippen LogP contribution in [0, 0.1) is 19.8 Å². The number of rotatable bonds is 7. The predicted molar refractivity (Wildman–Crippen MR) is 177 cm³/mol. The molecule has 46 heavy (non-hydrogen) atoms. The summed E-state index contributed by atoms with van der Waals surface area (Å²) in [6, 6.07) is 12.4. The van der Waals surface area contributed by atoms with Crippen molar-refractivity contribution in [3.63, 3.8) is 0 Å². The van der Waals surface area contributed by atoms with Crippen LogP contribution in [-0.2, 0) is 14.8 Å². The Morgan fingerprint density at radius 1 is 1.07 bits per heavy atom. The number of halogens is 1. The van der Waals surface area contributed by atoms with Crippen molar-refractivity contribution in [1.29, 1.82) is 0 Å². The number of nitrogens with zero attached hydrogens (tertiary/aromatic N) is 4. The number of hydrogen-bond donors (Lipinski definition) is 2. The fourth-order valence-electron chi connectivity index (χ4n) is 5.51. The maximum atomic E-state index is 13.7. The second-order valence-electron chi connectivity index (χ2n) is 13.0. The first-order valence-electron chi connectivity index (χ1n) is 15.2. The molecule has 1 aliphatic heterocycles. The van der Waals surface area contributed by atoms with Crippen molar-refractivity contribution in [2.24, 2.45) is 5.92 Å². The number of aromatic nitrogens is 2. The Balaban J connectivity index is 1.58. The number of ether oxygens (including phenoxy) is 1. The molecule has 0 unspecified atom stereocenters. The summed E-state index contributed by atoms with van der Waals surface area (Å²) in [5.74, 6) is -0.528. The lowest BCUT2D eigenvalue weighted by Crippen LogP contribution is -2.49. The molecule has 11 nitrogen and oxygen atoms in total. The molecule has 0 saturated carbocycles. The van der Waals surface area contributed by atoms with E-state index in [4.69, 9.17) is 16.3 Å². The van der Waals surface area contributed by atoms with Gasteiger partial charge in [0, 0.05) is 36.8 Å². The second kappa shape index (κ2) is 13.9. The molecule has 2 N–H and O–H groups in total. The summed E-state index contributed by atoms with van der Waals surface area (Å²) in [5.41, 5.74) is 2.54. The number of aliphatic hydroxyl groups excluding tert-OH is 1. The van der Waals surface area contributed by atoms with Gasteiger partial charge in [0.2, 0.25) is 5.95 Å². The molecule has 3 aromatic rings. The summed E-state index contributed by atoms with van der Waals surface area (Å²) in [7, 11) is -4.24. The highest BCUT2D eigenvalue weighted by Crippen LogP contribution is 2.29. The van der Waals surface area contributed by atoms with Crippen molar-refractivity contribution in [3.8, 4) is 11.3 Å². The smallest absolute Gasteiger partial charge is 0.410 e. The van der Waals surface area contributed by atoms with Crippen molar-refractivity contribution in [2.75, 3.05) is 24.4 Å². The lowest BCUT2D eigenvalue weighted by atomic mass is 9.98. The van der Waals surface area contributed by atoms with Crippen LogP contribution in [0.4, 0.5) is 10.7 Å². The normalized spacial score (nSPS) is 17.5. The van der Waals surface area contributed by atoms with Crippen LogP contribution in [0.3, 0.4) is 0 Å². The van der Waals surface area contributed by atoms with Crippen LogP contribution in [0.5, 0.6) is 0 Å². The molecule has 1 fully saturated rings. The van der Waals surface area contributed by atoms with E-state index in [1.54, 1.807) is 26.8 Å². The molecule has 13 heteroatoms.